The van der Waals surface area contributed by atoms with Crippen LogP contribution in [-0.2, 0) is 0 Å². The van der Waals surface area contributed by atoms with E-state index < -0.39 is 0 Å². The van der Waals surface area contributed by atoms with Crippen LogP contribution in [0.1, 0.15) is 15.2 Å². The van der Waals surface area contributed by atoms with E-state index in [-0.39, 0.29) is 0 Å². The maximum atomic E-state index is 10.8. The molecule has 4 heteroatoms. The molecule has 1 heterocycles. The van der Waals surface area contributed by atoms with Gasteiger partial charge in [0.15, 0.2) is 6.29 Å². The van der Waals surface area contributed by atoms with E-state index in [1.165, 1.54) is 11.3 Å². The van der Waals surface area contributed by atoms with E-state index in [1.54, 1.807) is 18.2 Å². The number of rotatable bonds is 1. The Kier molecular flexibility index (Phi) is 1.95. The SMILES string of the molecule is N#Cc1sc2cc(N)ccc2c1C=O. The number of nitrogen functional groups attached to an aromatic ring is 1. The average Bonchev–Trinajstić information content (AvgIpc) is 2.54. The number of hydrogen-bond acceptors (Lipinski definition) is 4. The summed E-state index contributed by atoms with van der Waals surface area (Å²) in [6.07, 6.45) is 0.716. The van der Waals surface area contributed by atoms with Gasteiger partial charge in [-0.15, -0.1) is 11.3 Å². The van der Waals surface area contributed by atoms with Crippen LogP contribution >= 0.6 is 11.3 Å². The number of hydrogen-bond donors (Lipinski definition) is 1. The van der Waals surface area contributed by atoms with E-state index in [0.29, 0.717) is 22.4 Å². The molecule has 3 nitrogen and oxygen atoms in total. The van der Waals surface area contributed by atoms with Crippen LogP contribution in [0.3, 0.4) is 0 Å². The van der Waals surface area contributed by atoms with E-state index in [9.17, 15) is 4.79 Å². The Balaban J connectivity index is 2.88. The van der Waals surface area contributed by atoms with E-state index in [4.69, 9.17) is 11.0 Å². The lowest BCUT2D eigenvalue weighted by molar-refractivity contribution is 0.112. The number of fused-ring (bicyclic) bond motifs is 1. The van der Waals surface area contributed by atoms with Gasteiger partial charge in [-0.2, -0.15) is 5.26 Å². The summed E-state index contributed by atoms with van der Waals surface area (Å²) in [5.41, 5.74) is 6.71. The molecule has 0 atom stereocenters. The first-order valence-electron chi connectivity index (χ1n) is 3.93. The molecule has 0 unspecified atom stereocenters. The van der Waals surface area contributed by atoms with E-state index in [2.05, 4.69) is 0 Å². The molecular weight excluding hydrogens is 196 g/mol. The number of nitrogens with two attached hydrogens (primary N) is 1. The fourth-order valence-electron chi connectivity index (χ4n) is 1.33. The molecule has 0 saturated heterocycles. The van der Waals surface area contributed by atoms with Crippen LogP contribution in [0.15, 0.2) is 18.2 Å². The van der Waals surface area contributed by atoms with Gasteiger partial charge in [-0.1, -0.05) is 6.07 Å². The van der Waals surface area contributed by atoms with Crippen LogP contribution in [0.2, 0.25) is 0 Å². The average molecular weight is 202 g/mol. The molecule has 0 aliphatic carbocycles. The van der Waals surface area contributed by atoms with Crippen LogP contribution in [0.4, 0.5) is 5.69 Å². The third kappa shape index (κ3) is 1.15. The van der Waals surface area contributed by atoms with E-state index in [1.807, 2.05) is 6.07 Å². The molecular formula is C10H6N2OS. The summed E-state index contributed by atoms with van der Waals surface area (Å²) in [5, 5.41) is 9.59. The van der Waals surface area contributed by atoms with Crippen molar-refractivity contribution in [2.45, 2.75) is 0 Å². The van der Waals surface area contributed by atoms with Gasteiger partial charge in [-0.05, 0) is 12.1 Å². The first-order chi connectivity index (χ1) is 6.76. The highest BCUT2D eigenvalue weighted by Crippen LogP contribution is 2.30. The normalized spacial score (nSPS) is 9.93. The van der Waals surface area contributed by atoms with Crippen LogP contribution < -0.4 is 5.73 Å². The first kappa shape index (κ1) is 8.73. The van der Waals surface area contributed by atoms with Crippen LogP contribution in [0, 0.1) is 11.3 Å². The summed E-state index contributed by atoms with van der Waals surface area (Å²) in [5.74, 6) is 0. The van der Waals surface area contributed by atoms with Crippen molar-refractivity contribution in [2.24, 2.45) is 0 Å². The minimum atomic E-state index is 0.445. The van der Waals surface area contributed by atoms with Gasteiger partial charge in [0, 0.05) is 15.8 Å². The number of aldehydes is 1. The molecule has 2 rings (SSSR count). The smallest absolute Gasteiger partial charge is 0.152 e. The van der Waals surface area contributed by atoms with Gasteiger partial charge in [0.25, 0.3) is 0 Å². The minimum Gasteiger partial charge on any atom is -0.399 e. The van der Waals surface area contributed by atoms with Crippen molar-refractivity contribution >= 4 is 33.4 Å². The summed E-state index contributed by atoms with van der Waals surface area (Å²) < 4.78 is 0.878. The molecule has 1 aromatic carbocycles. The number of nitriles is 1. The van der Waals surface area contributed by atoms with Gasteiger partial charge < -0.3 is 5.73 Å². The van der Waals surface area contributed by atoms with Crippen LogP contribution in [0.25, 0.3) is 10.1 Å². The van der Waals surface area contributed by atoms with Crippen LogP contribution in [-0.4, -0.2) is 6.29 Å². The summed E-state index contributed by atoms with van der Waals surface area (Å²) in [7, 11) is 0. The quantitative estimate of drug-likeness (QED) is 0.569. The highest BCUT2D eigenvalue weighted by Gasteiger charge is 2.10. The van der Waals surface area contributed by atoms with Gasteiger partial charge >= 0.3 is 0 Å². The molecule has 0 spiro atoms. The van der Waals surface area contributed by atoms with Gasteiger partial charge in [-0.3, -0.25) is 4.79 Å². The highest BCUT2D eigenvalue weighted by molar-refractivity contribution is 7.20. The molecule has 1 aromatic heterocycles. The lowest BCUT2D eigenvalue weighted by atomic mass is 10.1. The van der Waals surface area contributed by atoms with Crippen molar-refractivity contribution in [3.63, 3.8) is 0 Å². The third-order valence-electron chi connectivity index (χ3n) is 1.97. The number of nitrogens with zero attached hydrogens (tertiary/aromatic N) is 1. The molecule has 0 fully saturated rings. The first-order valence-corrected chi connectivity index (χ1v) is 4.75. The second-order valence-corrected chi connectivity index (χ2v) is 3.88. The maximum absolute atomic E-state index is 10.8. The van der Waals surface area contributed by atoms with Gasteiger partial charge in [0.2, 0.25) is 0 Å². The molecule has 2 aromatic rings. The fourth-order valence-corrected chi connectivity index (χ4v) is 2.35. The highest BCUT2D eigenvalue weighted by atomic mass is 32.1. The molecule has 2 N–H and O–H groups in total. The van der Waals surface area contributed by atoms with Crippen molar-refractivity contribution in [1.82, 2.24) is 0 Å². The Labute approximate surface area is 84.4 Å². The lowest BCUT2D eigenvalue weighted by Crippen LogP contribution is -1.83. The monoisotopic (exact) mass is 202 g/mol. The standard InChI is InChI=1S/C10H6N2OS/c11-4-10-8(5-13)7-2-1-6(12)3-9(7)14-10/h1-3,5H,12H2. The second kappa shape index (κ2) is 3.13. The Morgan fingerprint density at radius 2 is 2.29 bits per heavy atom. The Bertz CT molecular complexity index is 551. The second-order valence-electron chi connectivity index (χ2n) is 2.83. The van der Waals surface area contributed by atoms with Gasteiger partial charge in [-0.25, -0.2) is 0 Å². The van der Waals surface area contributed by atoms with Crippen molar-refractivity contribution < 1.29 is 4.79 Å². The predicted octanol–water partition coefficient (Wildman–Crippen LogP) is 2.17. The topological polar surface area (TPSA) is 66.9 Å². The number of thiophene rings is 1. The molecule has 0 saturated carbocycles. The summed E-state index contributed by atoms with van der Waals surface area (Å²) >= 11 is 1.29. The maximum Gasteiger partial charge on any atom is 0.152 e. The Morgan fingerprint density at radius 3 is 2.93 bits per heavy atom. The third-order valence-corrected chi connectivity index (χ3v) is 3.04. The van der Waals surface area contributed by atoms with Crippen molar-refractivity contribution in [1.29, 1.82) is 5.26 Å². The minimum absolute atomic E-state index is 0.445. The van der Waals surface area contributed by atoms with E-state index in [0.717, 1.165) is 10.1 Å². The lowest BCUT2D eigenvalue weighted by Gasteiger charge is -1.92. The summed E-state index contributed by atoms with van der Waals surface area (Å²) in [6, 6.07) is 7.27. The summed E-state index contributed by atoms with van der Waals surface area (Å²) in [4.78, 5) is 11.2. The molecule has 0 aliphatic rings. The molecule has 0 bridgehead atoms. The Morgan fingerprint density at radius 1 is 1.50 bits per heavy atom. The number of carbonyl (C=O) groups excluding carboxylic acids is 1. The number of carbonyl (C=O) groups is 1. The molecule has 68 valence electrons. The van der Waals surface area contributed by atoms with Crippen molar-refractivity contribution in [3.8, 4) is 6.07 Å². The molecule has 14 heavy (non-hydrogen) atoms. The number of anilines is 1. The largest absolute Gasteiger partial charge is 0.399 e. The van der Waals surface area contributed by atoms with Crippen molar-refractivity contribution in [3.05, 3.63) is 28.6 Å². The van der Waals surface area contributed by atoms with Gasteiger partial charge in [0.05, 0.1) is 5.56 Å². The molecule has 0 radical (unpaired) electrons. The number of benzene rings is 1. The molecule has 0 aliphatic heterocycles. The Hall–Kier alpha value is -1.86. The van der Waals surface area contributed by atoms with E-state index >= 15 is 0 Å². The zero-order chi connectivity index (χ0) is 10.1. The van der Waals surface area contributed by atoms with Gasteiger partial charge in [0.1, 0.15) is 10.9 Å². The van der Waals surface area contributed by atoms with Crippen molar-refractivity contribution in [2.75, 3.05) is 5.73 Å². The summed E-state index contributed by atoms with van der Waals surface area (Å²) in [6.45, 7) is 0. The predicted molar refractivity (Wildman–Crippen MR) is 56.3 cm³/mol. The zero-order valence-electron chi connectivity index (χ0n) is 7.15. The fraction of sp³-hybridized carbons (Fsp3) is 0. The molecule has 0 amide bonds. The zero-order valence-corrected chi connectivity index (χ0v) is 7.97. The van der Waals surface area contributed by atoms with Crippen LogP contribution in [0.5, 0.6) is 0 Å².